The Morgan fingerprint density at radius 2 is 1.47 bits per heavy atom. The van der Waals surface area contributed by atoms with Crippen molar-refractivity contribution in [1.29, 1.82) is 0 Å². The standard InChI is InChI=1S/C14H11O3/c1-16-17-14(15)13-9-7-12(8-10-13)11-5-3-2-4-6-11/h2-10H,1H2. The van der Waals surface area contributed by atoms with Gasteiger partial charge in [0.05, 0.1) is 5.56 Å². The highest BCUT2D eigenvalue weighted by Gasteiger charge is 2.07. The van der Waals surface area contributed by atoms with Gasteiger partial charge in [0, 0.05) is 0 Å². The zero-order chi connectivity index (χ0) is 12.1. The van der Waals surface area contributed by atoms with E-state index in [2.05, 4.69) is 16.9 Å². The summed E-state index contributed by atoms with van der Waals surface area (Å²) in [6, 6.07) is 17.0. The fourth-order valence-corrected chi connectivity index (χ4v) is 1.53. The van der Waals surface area contributed by atoms with Gasteiger partial charge in [0.25, 0.3) is 0 Å². The molecule has 1 radical (unpaired) electrons. The first-order chi connectivity index (χ1) is 8.31. The Hall–Kier alpha value is -2.13. The third kappa shape index (κ3) is 2.71. The lowest BCUT2D eigenvalue weighted by Gasteiger charge is -2.03. The van der Waals surface area contributed by atoms with Gasteiger partial charge in [-0.3, -0.25) is 4.89 Å². The summed E-state index contributed by atoms with van der Waals surface area (Å²) in [7, 11) is 2.97. The van der Waals surface area contributed by atoms with Crippen LogP contribution in [0.15, 0.2) is 54.6 Å². The molecule has 0 saturated heterocycles. The fourth-order valence-electron chi connectivity index (χ4n) is 1.53. The van der Waals surface area contributed by atoms with Crippen LogP contribution in [0.4, 0.5) is 0 Å². The molecule has 0 unspecified atom stereocenters. The minimum Gasteiger partial charge on any atom is -0.293 e. The number of rotatable bonds is 3. The number of carbonyl (C=O) groups excluding carboxylic acids is 1. The Morgan fingerprint density at radius 3 is 2.06 bits per heavy atom. The lowest BCUT2D eigenvalue weighted by atomic mass is 10.0. The maximum absolute atomic E-state index is 11.3. The summed E-state index contributed by atoms with van der Waals surface area (Å²) in [5.74, 6) is -0.556. The van der Waals surface area contributed by atoms with Gasteiger partial charge < -0.3 is 0 Å². The SMILES string of the molecule is [CH2]OOC(=O)c1ccc(-c2ccccc2)cc1. The highest BCUT2D eigenvalue weighted by Crippen LogP contribution is 2.19. The van der Waals surface area contributed by atoms with Crippen molar-refractivity contribution in [1.82, 2.24) is 0 Å². The molecule has 0 saturated carbocycles. The molecule has 0 amide bonds. The zero-order valence-electron chi connectivity index (χ0n) is 9.13. The molecule has 0 aliphatic carbocycles. The summed E-state index contributed by atoms with van der Waals surface area (Å²) < 4.78 is 0. The van der Waals surface area contributed by atoms with Gasteiger partial charge in [-0.1, -0.05) is 42.5 Å². The quantitative estimate of drug-likeness (QED) is 0.596. The second kappa shape index (κ2) is 5.27. The number of hydrogen-bond donors (Lipinski definition) is 0. The third-order valence-electron chi connectivity index (χ3n) is 2.36. The van der Waals surface area contributed by atoms with Gasteiger partial charge in [0.2, 0.25) is 0 Å². The third-order valence-corrected chi connectivity index (χ3v) is 2.36. The van der Waals surface area contributed by atoms with Crippen LogP contribution in [0.1, 0.15) is 10.4 Å². The van der Waals surface area contributed by atoms with E-state index in [4.69, 9.17) is 0 Å². The monoisotopic (exact) mass is 227 g/mol. The molecule has 2 aromatic rings. The van der Waals surface area contributed by atoms with Gasteiger partial charge in [-0.05, 0) is 23.3 Å². The maximum Gasteiger partial charge on any atom is 0.373 e. The topological polar surface area (TPSA) is 35.5 Å². The minimum absolute atomic E-state index is 0.424. The highest BCUT2D eigenvalue weighted by atomic mass is 17.2. The van der Waals surface area contributed by atoms with Gasteiger partial charge in [0.1, 0.15) is 7.11 Å². The first-order valence-corrected chi connectivity index (χ1v) is 5.10. The largest absolute Gasteiger partial charge is 0.373 e. The Morgan fingerprint density at radius 1 is 0.882 bits per heavy atom. The summed E-state index contributed by atoms with van der Waals surface area (Å²) in [6.07, 6.45) is 0. The zero-order valence-corrected chi connectivity index (χ0v) is 9.13. The normalized spacial score (nSPS) is 9.94. The van der Waals surface area contributed by atoms with E-state index in [0.29, 0.717) is 5.56 Å². The van der Waals surface area contributed by atoms with Crippen molar-refractivity contribution in [3.05, 3.63) is 67.3 Å². The predicted molar refractivity (Wildman–Crippen MR) is 63.7 cm³/mol. The molecule has 0 heterocycles. The smallest absolute Gasteiger partial charge is 0.293 e. The lowest BCUT2D eigenvalue weighted by Crippen LogP contribution is -2.02. The van der Waals surface area contributed by atoms with Crippen LogP contribution in [0.5, 0.6) is 0 Å². The van der Waals surface area contributed by atoms with Crippen molar-refractivity contribution in [2.75, 3.05) is 0 Å². The van der Waals surface area contributed by atoms with Crippen LogP contribution in [0, 0.1) is 7.11 Å². The predicted octanol–water partition coefficient (Wildman–Crippen LogP) is 3.23. The van der Waals surface area contributed by atoms with Crippen LogP contribution in [-0.2, 0) is 9.78 Å². The van der Waals surface area contributed by atoms with Crippen molar-refractivity contribution < 1.29 is 14.6 Å². The van der Waals surface area contributed by atoms with E-state index in [1.54, 1.807) is 12.1 Å². The van der Waals surface area contributed by atoms with Crippen LogP contribution in [-0.4, -0.2) is 5.97 Å². The van der Waals surface area contributed by atoms with Crippen LogP contribution < -0.4 is 0 Å². The fraction of sp³-hybridized carbons (Fsp3) is 0. The number of benzene rings is 2. The van der Waals surface area contributed by atoms with Crippen molar-refractivity contribution in [3.8, 4) is 11.1 Å². The molecule has 17 heavy (non-hydrogen) atoms. The maximum atomic E-state index is 11.3. The molecular formula is C14H11O3. The summed E-state index contributed by atoms with van der Waals surface area (Å²) in [5, 5.41) is 0. The lowest BCUT2D eigenvalue weighted by molar-refractivity contribution is -0.195. The molecule has 0 bridgehead atoms. The van der Waals surface area contributed by atoms with Crippen molar-refractivity contribution in [2.45, 2.75) is 0 Å². The van der Waals surface area contributed by atoms with Crippen LogP contribution in [0.3, 0.4) is 0 Å². The van der Waals surface area contributed by atoms with Crippen LogP contribution >= 0.6 is 0 Å². The molecule has 0 N–H and O–H groups in total. The van der Waals surface area contributed by atoms with Crippen molar-refractivity contribution >= 4 is 5.97 Å². The molecule has 3 heteroatoms. The van der Waals surface area contributed by atoms with E-state index in [1.165, 1.54) is 0 Å². The Balaban J connectivity index is 2.22. The summed E-state index contributed by atoms with van der Waals surface area (Å²) in [4.78, 5) is 19.7. The minimum atomic E-state index is -0.556. The highest BCUT2D eigenvalue weighted by molar-refractivity contribution is 5.89. The van der Waals surface area contributed by atoms with Crippen LogP contribution in [0.2, 0.25) is 0 Å². The summed E-state index contributed by atoms with van der Waals surface area (Å²) >= 11 is 0. The van der Waals surface area contributed by atoms with Gasteiger partial charge in [-0.2, -0.15) is 4.89 Å². The first-order valence-electron chi connectivity index (χ1n) is 5.10. The van der Waals surface area contributed by atoms with Crippen molar-refractivity contribution in [2.24, 2.45) is 0 Å². The van der Waals surface area contributed by atoms with E-state index >= 15 is 0 Å². The van der Waals surface area contributed by atoms with E-state index in [-0.39, 0.29) is 0 Å². The Labute approximate surface area is 99.5 Å². The molecular weight excluding hydrogens is 216 g/mol. The van der Waals surface area contributed by atoms with E-state index in [0.717, 1.165) is 11.1 Å². The van der Waals surface area contributed by atoms with Gasteiger partial charge in [0.15, 0.2) is 0 Å². The molecule has 0 spiro atoms. The molecule has 0 fully saturated rings. The molecule has 0 aliphatic rings. The van der Waals surface area contributed by atoms with E-state index < -0.39 is 5.97 Å². The average molecular weight is 227 g/mol. The molecule has 85 valence electrons. The summed E-state index contributed by atoms with van der Waals surface area (Å²) in [6.45, 7) is 0. The van der Waals surface area contributed by atoms with Crippen LogP contribution in [0.25, 0.3) is 11.1 Å². The second-order valence-electron chi connectivity index (χ2n) is 3.43. The molecule has 0 aliphatic heterocycles. The first kappa shape index (κ1) is 11.4. The Bertz CT molecular complexity index is 489. The Kier molecular flexibility index (Phi) is 3.52. The van der Waals surface area contributed by atoms with E-state index in [9.17, 15) is 4.79 Å². The molecule has 0 atom stereocenters. The number of hydrogen-bond acceptors (Lipinski definition) is 3. The van der Waals surface area contributed by atoms with Gasteiger partial charge in [-0.25, -0.2) is 4.79 Å². The van der Waals surface area contributed by atoms with Gasteiger partial charge in [-0.15, -0.1) is 0 Å². The molecule has 0 aromatic heterocycles. The average Bonchev–Trinajstić information content (AvgIpc) is 2.40. The van der Waals surface area contributed by atoms with Gasteiger partial charge >= 0.3 is 5.97 Å². The number of carbonyl (C=O) groups is 1. The van der Waals surface area contributed by atoms with Crippen molar-refractivity contribution in [3.63, 3.8) is 0 Å². The second-order valence-corrected chi connectivity index (χ2v) is 3.43. The molecule has 2 aromatic carbocycles. The van der Waals surface area contributed by atoms with E-state index in [1.807, 2.05) is 42.5 Å². The molecule has 3 nitrogen and oxygen atoms in total. The molecule has 2 rings (SSSR count). The summed E-state index contributed by atoms with van der Waals surface area (Å²) in [5.41, 5.74) is 2.56.